The quantitative estimate of drug-likeness (QED) is 0.121. The van der Waals surface area contributed by atoms with Crippen LogP contribution in [-0.2, 0) is 34.0 Å². The number of likely N-dealkylation sites (tertiary alicyclic amines) is 1. The first-order valence-electron chi connectivity index (χ1n) is 19.4. The fraction of sp³-hybridized carbons (Fsp3) is 0.222. The first-order valence-corrected chi connectivity index (χ1v) is 19.4. The number of amides is 7. The van der Waals surface area contributed by atoms with Crippen LogP contribution in [0.1, 0.15) is 46.6 Å². The van der Waals surface area contributed by atoms with Gasteiger partial charge in [0.2, 0.25) is 0 Å². The highest BCUT2D eigenvalue weighted by Gasteiger charge is 2.39. The number of fused-ring (bicyclic) bond motifs is 3. The Hall–Kier alpha value is -7.35. The Labute approximate surface area is 341 Å². The van der Waals surface area contributed by atoms with E-state index in [2.05, 4.69) is 10.9 Å². The number of carbonyl (C=O) groups excluding carboxylic acids is 5. The molecular weight excluding hydrogens is 751 g/mol. The summed E-state index contributed by atoms with van der Waals surface area (Å²) >= 11 is 0. The summed E-state index contributed by atoms with van der Waals surface area (Å²) in [7, 11) is 0. The molecule has 1 aliphatic heterocycles. The molecule has 2 aliphatic rings. The van der Waals surface area contributed by atoms with E-state index in [1.54, 1.807) is 36.4 Å². The number of nitrogens with zero attached hydrogens (tertiary/aromatic N) is 4. The van der Waals surface area contributed by atoms with Gasteiger partial charge in [-0.15, -0.1) is 0 Å². The Morgan fingerprint density at radius 2 is 1.22 bits per heavy atom. The number of phenols is 1. The van der Waals surface area contributed by atoms with Gasteiger partial charge in [0.1, 0.15) is 24.9 Å². The summed E-state index contributed by atoms with van der Waals surface area (Å²) in [6, 6.07) is 37.7. The normalized spacial score (nSPS) is 14.1. The topological polar surface area (TPSA) is 178 Å². The van der Waals surface area contributed by atoms with Gasteiger partial charge in [-0.3, -0.25) is 15.0 Å². The van der Waals surface area contributed by atoms with Crippen LogP contribution in [-0.4, -0.2) is 80.6 Å². The van der Waals surface area contributed by atoms with Gasteiger partial charge < -0.3 is 25.4 Å². The summed E-state index contributed by atoms with van der Waals surface area (Å²) in [5.41, 5.74) is 17.3. The van der Waals surface area contributed by atoms with E-state index >= 15 is 0 Å². The SMILES string of the molecule is NC(=O)N(CC(=O)N(Cc1ccccc1)NC(=O)[C@@H]1CCCN1C(=O)N(Cc1ccc(O)cc1)NC(=O)OCC1c2ccccc2-c2ccccc21)Cc1ccccc1. The van der Waals surface area contributed by atoms with E-state index in [0.29, 0.717) is 17.5 Å². The predicted molar refractivity (Wildman–Crippen MR) is 219 cm³/mol. The van der Waals surface area contributed by atoms with Crippen LogP contribution in [0.3, 0.4) is 0 Å². The van der Waals surface area contributed by atoms with Gasteiger partial charge in [0.25, 0.3) is 11.8 Å². The zero-order valence-electron chi connectivity index (χ0n) is 32.3. The van der Waals surface area contributed by atoms with Crippen molar-refractivity contribution in [2.24, 2.45) is 5.73 Å². The first kappa shape index (κ1) is 39.9. The number of primary amides is 1. The van der Waals surface area contributed by atoms with Gasteiger partial charge in [0.15, 0.2) is 0 Å². The molecule has 14 nitrogen and oxygen atoms in total. The second kappa shape index (κ2) is 18.3. The van der Waals surface area contributed by atoms with Crippen LogP contribution in [0.15, 0.2) is 133 Å². The lowest BCUT2D eigenvalue weighted by molar-refractivity contribution is -0.144. The van der Waals surface area contributed by atoms with Gasteiger partial charge in [-0.05, 0) is 63.9 Å². The summed E-state index contributed by atoms with van der Waals surface area (Å²) in [4.78, 5) is 70.8. The van der Waals surface area contributed by atoms with E-state index in [4.69, 9.17) is 10.5 Å². The molecule has 302 valence electrons. The number of rotatable bonds is 11. The Kier molecular flexibility index (Phi) is 12.4. The molecule has 0 radical (unpaired) electrons. The van der Waals surface area contributed by atoms with Crippen molar-refractivity contribution in [3.05, 3.63) is 161 Å². The molecular formula is C45H45N7O7. The molecule has 0 bridgehead atoms. The molecule has 1 fully saturated rings. The Morgan fingerprint density at radius 3 is 1.83 bits per heavy atom. The molecule has 0 saturated carbocycles. The van der Waals surface area contributed by atoms with E-state index in [0.717, 1.165) is 37.8 Å². The molecule has 7 rings (SSSR count). The van der Waals surface area contributed by atoms with E-state index in [9.17, 15) is 29.1 Å². The van der Waals surface area contributed by atoms with Crippen LogP contribution < -0.4 is 16.6 Å². The number of nitrogens with two attached hydrogens (primary N) is 1. The number of aromatic hydroxyl groups is 1. The van der Waals surface area contributed by atoms with Gasteiger partial charge in [-0.25, -0.2) is 29.8 Å². The average Bonchev–Trinajstić information content (AvgIpc) is 3.87. The largest absolute Gasteiger partial charge is 0.508 e. The monoisotopic (exact) mass is 795 g/mol. The summed E-state index contributed by atoms with van der Waals surface area (Å²) in [5, 5.41) is 12.1. The minimum atomic E-state index is -1.02. The van der Waals surface area contributed by atoms with E-state index < -0.39 is 42.6 Å². The zero-order valence-corrected chi connectivity index (χ0v) is 32.3. The van der Waals surface area contributed by atoms with Crippen molar-refractivity contribution in [2.45, 2.75) is 44.4 Å². The van der Waals surface area contributed by atoms with Crippen LogP contribution >= 0.6 is 0 Å². The summed E-state index contributed by atoms with van der Waals surface area (Å²) in [5.74, 6) is -1.41. The molecule has 5 aromatic rings. The number of hydrazine groups is 2. The van der Waals surface area contributed by atoms with Gasteiger partial charge in [0, 0.05) is 19.0 Å². The molecule has 0 unspecified atom stereocenters. The van der Waals surface area contributed by atoms with Crippen LogP contribution in [0.25, 0.3) is 11.1 Å². The molecule has 0 spiro atoms. The molecule has 7 amide bonds. The maximum atomic E-state index is 14.4. The lowest BCUT2D eigenvalue weighted by Crippen LogP contribution is -2.58. The number of carbonyl (C=O) groups is 5. The third-order valence-corrected chi connectivity index (χ3v) is 10.5. The smallest absolute Gasteiger partial charge is 0.426 e. The third-order valence-electron chi connectivity index (χ3n) is 10.5. The highest BCUT2D eigenvalue weighted by Crippen LogP contribution is 2.44. The number of ether oxygens (including phenoxy) is 1. The lowest BCUT2D eigenvalue weighted by atomic mass is 9.98. The third kappa shape index (κ3) is 9.62. The van der Waals surface area contributed by atoms with Crippen molar-refractivity contribution in [2.75, 3.05) is 19.7 Å². The molecule has 5 N–H and O–H groups in total. The number of phenolic OH excluding ortho intramolecular Hbond substituents is 1. The maximum Gasteiger partial charge on any atom is 0.426 e. The number of benzene rings is 5. The second-order valence-electron chi connectivity index (χ2n) is 14.4. The molecule has 1 atom stereocenters. The van der Waals surface area contributed by atoms with Crippen molar-refractivity contribution in [3.8, 4) is 16.9 Å². The van der Waals surface area contributed by atoms with Crippen LogP contribution in [0, 0.1) is 0 Å². The highest BCUT2D eigenvalue weighted by molar-refractivity contribution is 5.91. The molecule has 14 heteroatoms. The number of hydrogen-bond acceptors (Lipinski definition) is 7. The Balaban J connectivity index is 1.07. The van der Waals surface area contributed by atoms with Crippen LogP contribution in [0.4, 0.5) is 14.4 Å². The Morgan fingerprint density at radius 1 is 0.678 bits per heavy atom. The van der Waals surface area contributed by atoms with Gasteiger partial charge in [-0.1, -0.05) is 121 Å². The molecule has 1 aliphatic carbocycles. The molecule has 1 saturated heterocycles. The first-order chi connectivity index (χ1) is 28.6. The second-order valence-corrected chi connectivity index (χ2v) is 14.4. The summed E-state index contributed by atoms with van der Waals surface area (Å²) in [6.07, 6.45) is -0.112. The predicted octanol–water partition coefficient (Wildman–Crippen LogP) is 5.87. The highest BCUT2D eigenvalue weighted by atomic mass is 16.6. The summed E-state index contributed by atoms with van der Waals surface area (Å²) < 4.78 is 5.77. The minimum absolute atomic E-state index is 0.0135. The summed E-state index contributed by atoms with van der Waals surface area (Å²) in [6.45, 7) is -0.283. The molecule has 1 heterocycles. The van der Waals surface area contributed by atoms with Crippen LogP contribution in [0.2, 0.25) is 0 Å². The molecule has 0 aromatic heterocycles. The van der Waals surface area contributed by atoms with Gasteiger partial charge in [0.05, 0.1) is 13.1 Å². The van der Waals surface area contributed by atoms with Crippen molar-refractivity contribution < 1.29 is 33.8 Å². The average molecular weight is 796 g/mol. The van der Waals surface area contributed by atoms with Crippen molar-refractivity contribution in [3.63, 3.8) is 0 Å². The van der Waals surface area contributed by atoms with Crippen molar-refractivity contribution in [1.29, 1.82) is 0 Å². The van der Waals surface area contributed by atoms with Gasteiger partial charge in [-0.2, -0.15) is 0 Å². The standard InChI is InChI=1S/C45H45N7O7/c46-43(56)49(26-31-12-3-1-4-13-31)29-41(54)51(27-32-14-5-2-6-15-32)47-42(55)40-20-11-25-50(40)45(58)52(28-33-21-23-34(53)24-22-33)48-44(57)59-30-39-37-18-9-7-16-35(37)36-17-8-10-19-38(36)39/h1-10,12-19,21-24,39-40,53H,11,20,25-30H2,(H2,46,56)(H,47,55)(H,48,57)/t40-/m0/s1. The lowest BCUT2D eigenvalue weighted by Gasteiger charge is -2.33. The molecule has 5 aromatic carbocycles. The zero-order chi connectivity index (χ0) is 41.3. The molecule has 59 heavy (non-hydrogen) atoms. The van der Waals surface area contributed by atoms with E-state index in [1.807, 2.05) is 84.9 Å². The van der Waals surface area contributed by atoms with E-state index in [1.165, 1.54) is 21.9 Å². The Bertz CT molecular complexity index is 2250. The fourth-order valence-electron chi connectivity index (χ4n) is 7.53. The number of urea groups is 2. The fourth-order valence-corrected chi connectivity index (χ4v) is 7.53. The van der Waals surface area contributed by atoms with Crippen LogP contribution in [0.5, 0.6) is 5.75 Å². The van der Waals surface area contributed by atoms with Crippen molar-refractivity contribution in [1.82, 2.24) is 30.7 Å². The number of hydrogen-bond donors (Lipinski definition) is 4. The number of nitrogens with one attached hydrogen (secondary N) is 2. The van der Waals surface area contributed by atoms with Gasteiger partial charge >= 0.3 is 18.2 Å². The van der Waals surface area contributed by atoms with E-state index in [-0.39, 0.29) is 50.9 Å². The minimum Gasteiger partial charge on any atom is -0.508 e. The maximum absolute atomic E-state index is 14.4. The van der Waals surface area contributed by atoms with Crippen molar-refractivity contribution >= 4 is 30.0 Å².